The van der Waals surface area contributed by atoms with Gasteiger partial charge in [-0.1, -0.05) is 68.8 Å². The fraction of sp³-hybridized carbons (Fsp3) is 0.240. The lowest BCUT2D eigenvalue weighted by molar-refractivity contribution is 0.517. The van der Waals surface area contributed by atoms with E-state index in [4.69, 9.17) is 9.15 Å². The van der Waals surface area contributed by atoms with Crippen molar-refractivity contribution in [3.8, 4) is 5.75 Å². The van der Waals surface area contributed by atoms with Gasteiger partial charge in [0.2, 0.25) is 0 Å². The Morgan fingerprint density at radius 3 is 2.61 bits per heavy atom. The zero-order valence-electron chi connectivity index (χ0n) is 16.3. The van der Waals surface area contributed by atoms with Crippen LogP contribution in [0, 0.1) is 0 Å². The van der Waals surface area contributed by atoms with Gasteiger partial charge in [-0.15, -0.1) is 0 Å². The molecule has 1 aromatic heterocycles. The molecule has 0 amide bonds. The van der Waals surface area contributed by atoms with E-state index in [0.29, 0.717) is 0 Å². The van der Waals surface area contributed by atoms with Gasteiger partial charge in [0, 0.05) is 34.4 Å². The van der Waals surface area contributed by atoms with Crippen molar-refractivity contribution in [3.05, 3.63) is 71.6 Å². The summed E-state index contributed by atoms with van der Waals surface area (Å²) in [6.45, 7) is 4.29. The van der Waals surface area contributed by atoms with Crippen LogP contribution in [0.4, 0.5) is 0 Å². The maximum absolute atomic E-state index is 6.55. The average Bonchev–Trinajstić information content (AvgIpc) is 3.17. The smallest absolute Gasteiger partial charge is 0.195 e. The second-order valence-corrected chi connectivity index (χ2v) is 7.29. The summed E-state index contributed by atoms with van der Waals surface area (Å²) in [7, 11) is 0. The van der Waals surface area contributed by atoms with E-state index in [1.54, 1.807) is 0 Å². The third-order valence-electron chi connectivity index (χ3n) is 5.45. The van der Waals surface area contributed by atoms with Crippen molar-refractivity contribution in [1.82, 2.24) is 4.98 Å². The zero-order valence-corrected chi connectivity index (χ0v) is 16.3. The molecule has 5 rings (SSSR count). The lowest BCUT2D eigenvalue weighted by Gasteiger charge is -2.25. The van der Waals surface area contributed by atoms with Crippen LogP contribution in [0.5, 0.6) is 5.75 Å². The van der Waals surface area contributed by atoms with Crippen LogP contribution in [-0.2, 0) is 6.42 Å². The number of unbranched alkanes of at least 4 members (excludes halogenated alkanes) is 1. The highest BCUT2D eigenvalue weighted by atomic mass is 16.5. The highest BCUT2D eigenvalue weighted by Gasteiger charge is 2.25. The van der Waals surface area contributed by atoms with E-state index >= 15 is 0 Å². The molecule has 0 unspecified atom stereocenters. The van der Waals surface area contributed by atoms with E-state index < -0.39 is 0 Å². The first-order chi connectivity index (χ1) is 13.8. The lowest BCUT2D eigenvalue weighted by atomic mass is 9.89. The number of hydrogen-bond donors (Lipinski definition) is 0. The van der Waals surface area contributed by atoms with Crippen molar-refractivity contribution in [2.75, 3.05) is 0 Å². The van der Waals surface area contributed by atoms with Gasteiger partial charge in [0.15, 0.2) is 11.5 Å². The molecule has 2 heterocycles. The van der Waals surface area contributed by atoms with Gasteiger partial charge in [-0.2, -0.15) is 0 Å². The Morgan fingerprint density at radius 1 is 0.964 bits per heavy atom. The minimum Gasteiger partial charge on any atom is -0.456 e. The number of fused-ring (bicyclic) bond motifs is 2. The van der Waals surface area contributed by atoms with E-state index in [1.165, 1.54) is 11.1 Å². The quantitative estimate of drug-likeness (QED) is 0.380. The number of nitrogens with zero attached hydrogens (tertiary/aromatic N) is 1. The van der Waals surface area contributed by atoms with Gasteiger partial charge < -0.3 is 9.15 Å². The second-order valence-electron chi connectivity index (χ2n) is 7.29. The number of aromatic nitrogens is 1. The van der Waals surface area contributed by atoms with Crippen molar-refractivity contribution in [1.29, 1.82) is 0 Å². The van der Waals surface area contributed by atoms with Crippen molar-refractivity contribution in [2.45, 2.75) is 39.5 Å². The highest BCUT2D eigenvalue weighted by Crippen LogP contribution is 2.46. The van der Waals surface area contributed by atoms with E-state index in [9.17, 15) is 0 Å². The lowest BCUT2D eigenvalue weighted by Crippen LogP contribution is -2.06. The fourth-order valence-electron chi connectivity index (χ4n) is 4.07. The van der Waals surface area contributed by atoms with Gasteiger partial charge in [-0.05, 0) is 18.4 Å². The Hall–Kier alpha value is -3.07. The number of allylic oxidation sites excluding steroid dienone is 1. The topological polar surface area (TPSA) is 35.3 Å². The SMILES string of the molecule is CCCCC1=C(c2ccccc2)Oc2cc3nc(CC)oc3c3cccc1c23. The van der Waals surface area contributed by atoms with Crippen LogP contribution in [0.3, 0.4) is 0 Å². The minimum atomic E-state index is 0.764. The Bertz CT molecular complexity index is 1200. The molecule has 0 spiro atoms. The third kappa shape index (κ3) is 2.62. The summed E-state index contributed by atoms with van der Waals surface area (Å²) in [5.41, 5.74) is 5.37. The van der Waals surface area contributed by atoms with Gasteiger partial charge in [0.1, 0.15) is 17.0 Å². The molecule has 0 fully saturated rings. The summed E-state index contributed by atoms with van der Waals surface area (Å²) in [5.74, 6) is 2.60. The highest BCUT2D eigenvalue weighted by molar-refractivity contribution is 6.14. The molecule has 0 saturated heterocycles. The monoisotopic (exact) mass is 369 g/mol. The molecule has 0 N–H and O–H groups in total. The van der Waals surface area contributed by atoms with Gasteiger partial charge in [-0.25, -0.2) is 4.98 Å². The predicted molar refractivity (Wildman–Crippen MR) is 114 cm³/mol. The summed E-state index contributed by atoms with van der Waals surface area (Å²) >= 11 is 0. The molecule has 0 saturated carbocycles. The first kappa shape index (κ1) is 17.1. The standard InChI is InChI=1S/C25H23NO2/c1-3-5-12-18-17-13-9-14-19-23(17)21(15-20-25(19)28-22(4-2)26-20)27-24(18)16-10-7-6-8-11-16/h6-11,13-15H,3-5,12H2,1-2H3. The number of oxazole rings is 1. The first-order valence-electron chi connectivity index (χ1n) is 10.1. The van der Waals surface area contributed by atoms with Gasteiger partial charge >= 0.3 is 0 Å². The zero-order chi connectivity index (χ0) is 19.1. The molecule has 0 aliphatic carbocycles. The largest absolute Gasteiger partial charge is 0.456 e. The summed E-state index contributed by atoms with van der Waals surface area (Å²) in [4.78, 5) is 4.65. The average molecular weight is 369 g/mol. The molecular weight excluding hydrogens is 346 g/mol. The van der Waals surface area contributed by atoms with Crippen LogP contribution in [0.2, 0.25) is 0 Å². The molecule has 140 valence electrons. The van der Waals surface area contributed by atoms with Crippen molar-refractivity contribution in [3.63, 3.8) is 0 Å². The second kappa shape index (κ2) is 6.83. The maximum Gasteiger partial charge on any atom is 0.195 e. The Morgan fingerprint density at radius 2 is 1.82 bits per heavy atom. The maximum atomic E-state index is 6.55. The summed E-state index contributed by atoms with van der Waals surface area (Å²) < 4.78 is 12.6. The fourth-order valence-corrected chi connectivity index (χ4v) is 4.07. The number of rotatable bonds is 5. The van der Waals surface area contributed by atoms with Crippen molar-refractivity contribution >= 4 is 33.2 Å². The van der Waals surface area contributed by atoms with Crippen LogP contribution < -0.4 is 4.74 Å². The molecule has 28 heavy (non-hydrogen) atoms. The Labute approximate surface area is 164 Å². The van der Waals surface area contributed by atoms with Crippen LogP contribution >= 0.6 is 0 Å². The van der Waals surface area contributed by atoms with E-state index in [1.807, 2.05) is 12.1 Å². The molecule has 4 aromatic rings. The normalized spacial score (nSPS) is 13.4. The number of hydrogen-bond acceptors (Lipinski definition) is 3. The van der Waals surface area contributed by atoms with Gasteiger partial charge in [0.05, 0.1) is 0 Å². The van der Waals surface area contributed by atoms with Crippen LogP contribution in [0.25, 0.3) is 33.2 Å². The molecule has 1 aliphatic rings. The van der Waals surface area contributed by atoms with E-state index in [2.05, 4.69) is 61.3 Å². The summed E-state index contributed by atoms with van der Waals surface area (Å²) in [6.07, 6.45) is 4.05. The van der Waals surface area contributed by atoms with Crippen LogP contribution in [0.15, 0.2) is 59.0 Å². The molecule has 3 heteroatoms. The molecular formula is C25H23NO2. The Kier molecular flexibility index (Phi) is 4.16. The number of aryl methyl sites for hydroxylation is 1. The molecule has 0 radical (unpaired) electrons. The molecule has 0 bridgehead atoms. The van der Waals surface area contributed by atoms with Crippen LogP contribution in [-0.4, -0.2) is 4.98 Å². The minimum absolute atomic E-state index is 0.764. The Balaban J connectivity index is 1.81. The van der Waals surface area contributed by atoms with Gasteiger partial charge in [0.25, 0.3) is 0 Å². The number of ether oxygens (including phenoxy) is 1. The molecule has 1 aliphatic heterocycles. The predicted octanol–water partition coefficient (Wildman–Crippen LogP) is 6.99. The summed E-state index contributed by atoms with van der Waals surface area (Å²) in [6, 6.07) is 18.9. The summed E-state index contributed by atoms with van der Waals surface area (Å²) in [5, 5.41) is 2.22. The van der Waals surface area contributed by atoms with Crippen molar-refractivity contribution in [2.24, 2.45) is 0 Å². The number of benzene rings is 3. The molecule has 3 nitrogen and oxygen atoms in total. The van der Waals surface area contributed by atoms with Crippen molar-refractivity contribution < 1.29 is 9.15 Å². The van der Waals surface area contributed by atoms with E-state index in [-0.39, 0.29) is 0 Å². The molecule has 3 aromatic carbocycles. The molecule has 0 atom stereocenters. The van der Waals surface area contributed by atoms with E-state index in [0.717, 1.165) is 70.5 Å². The van der Waals surface area contributed by atoms with Crippen LogP contribution in [0.1, 0.15) is 50.1 Å². The third-order valence-corrected chi connectivity index (χ3v) is 5.45. The first-order valence-corrected chi connectivity index (χ1v) is 10.1. The van der Waals surface area contributed by atoms with Gasteiger partial charge in [-0.3, -0.25) is 0 Å².